The molecule has 0 aromatic rings. The molecule has 0 heterocycles. The molecule has 0 saturated heterocycles. The summed E-state index contributed by atoms with van der Waals surface area (Å²) in [6, 6.07) is -3.55. The summed E-state index contributed by atoms with van der Waals surface area (Å²) in [7, 11) is 0. The Balaban J connectivity index is -0.000000570. The molecule has 540 valence electrons. The third-order valence-electron chi connectivity index (χ3n) is 11.2. The van der Waals surface area contributed by atoms with E-state index in [0.29, 0.717) is 142 Å². The number of aliphatic carboxylic acids is 4. The fourth-order valence-corrected chi connectivity index (χ4v) is 6.32. The van der Waals surface area contributed by atoms with Crippen molar-refractivity contribution in [3.63, 3.8) is 0 Å². The molecule has 0 aliphatic carbocycles. The monoisotopic (exact) mass is 1360 g/mol. The Kier molecular flexibility index (Phi) is 61.0. The zero-order chi connectivity index (χ0) is 71.0. The van der Waals surface area contributed by atoms with E-state index in [1.165, 1.54) is 0 Å². The molecule has 0 aliphatic rings. The van der Waals surface area contributed by atoms with Crippen LogP contribution in [-0.2, 0) is 67.1 Å². The number of carbonyl (C=O) groups is 8. The third-order valence-corrected chi connectivity index (χ3v) is 11.2. The van der Waals surface area contributed by atoms with E-state index in [-0.39, 0.29) is 65.9 Å². The second kappa shape index (κ2) is 62.9. The molecule has 45 heteroatoms. The fourth-order valence-electron chi connectivity index (χ4n) is 6.32. The molecule has 0 bridgehead atoms. The van der Waals surface area contributed by atoms with Gasteiger partial charge in [-0.05, 0) is 128 Å². The Hall–Kier alpha value is -9.24. The minimum absolute atomic E-state index is 0.00812. The number of nitrogens with one attached hydrogen (secondary N) is 4. The van der Waals surface area contributed by atoms with Gasteiger partial charge >= 0.3 is 48.3 Å². The van der Waals surface area contributed by atoms with Crippen LogP contribution in [0.2, 0.25) is 0 Å². The predicted molar refractivity (Wildman–Crippen MR) is 311 cm³/mol. The Bertz CT molecular complexity index is 2110. The van der Waals surface area contributed by atoms with Crippen molar-refractivity contribution in [2.24, 2.45) is 22.9 Å². The number of ether oxygens (including phenoxy) is 5. The summed E-state index contributed by atoms with van der Waals surface area (Å²) >= 11 is 0. The molecular formula is C48H91N13O32. The molecule has 4 amide bonds. The summed E-state index contributed by atoms with van der Waals surface area (Å²) in [6.45, 7) is 1.36. The number of unbranched alkanes of at least 4 members (excludes halogenated alkanes) is 9. The number of nitrogens with two attached hydrogens (primary N) is 4. The number of carbonyl (C=O) groups excluding carboxylic acids is 4. The van der Waals surface area contributed by atoms with Crippen molar-refractivity contribution in [1.82, 2.24) is 21.3 Å². The highest BCUT2D eigenvalue weighted by atomic mass is 17.0. The first-order chi connectivity index (χ1) is 44.0. The van der Waals surface area contributed by atoms with Crippen molar-refractivity contribution >= 4 is 48.3 Å². The molecule has 0 aromatic carbocycles. The minimum atomic E-state index is -1.09. The Morgan fingerprint density at radius 2 is 0.591 bits per heavy atom. The van der Waals surface area contributed by atoms with Crippen LogP contribution in [0.15, 0.2) is 0 Å². The van der Waals surface area contributed by atoms with Gasteiger partial charge in [0.05, 0.1) is 46.2 Å². The van der Waals surface area contributed by atoms with Crippen molar-refractivity contribution in [2.45, 2.75) is 165 Å². The topological polar surface area (TPSA) is 678 Å². The number of hydrogen-bond acceptors (Lipinski definition) is 32. The minimum Gasteiger partial charge on any atom is -0.480 e. The molecule has 45 nitrogen and oxygen atoms in total. The molecule has 0 saturated carbocycles. The third kappa shape index (κ3) is 73.4. The van der Waals surface area contributed by atoms with Crippen molar-refractivity contribution in [3.05, 3.63) is 50.6 Å². The number of amides is 4. The summed E-state index contributed by atoms with van der Waals surface area (Å²) in [5.41, 5.74) is 21.3. The highest BCUT2D eigenvalue weighted by Crippen LogP contribution is 2.08. The van der Waals surface area contributed by atoms with Crippen LogP contribution in [0.25, 0.3) is 0 Å². The van der Waals surface area contributed by atoms with Crippen LogP contribution >= 0.6 is 0 Å². The standard InChI is InChI=1S/C13H24N4O10.C13H25N3O7.C11H21N3O8.C11H21N3O7/c14-11(12(18)19)6-1-3-7-15-13(20)25-8-4-2-5-10(27-17(23)24)9-26-16(21)22;14-11(12(17)18)7-3-4-8-15-13(19)22-9-5-1-2-6-10-23-16(20)21;12-9(10(15)16)3-1-2-4-13-11(17)21-7-5-20-6-8-22-14(18)19;12-9(10(15)16)5-1-2-6-13-11(17)20-7-3-4-8-21-14(18)19/h10-11H,1-9,14H2,(H,15,20)(H,18,19);11H,1-10,14H2,(H,15,19)(H,17,18);9H,1-8,12H2,(H,13,17)(H,15,16);9H,1-8,12H2,(H,13,17)(H,15,16). The van der Waals surface area contributed by atoms with Crippen molar-refractivity contribution < 1.29 is 132 Å². The van der Waals surface area contributed by atoms with Gasteiger partial charge in [0.15, 0.2) is 0 Å². The van der Waals surface area contributed by atoms with E-state index in [2.05, 4.69) is 45.5 Å². The van der Waals surface area contributed by atoms with Gasteiger partial charge in [-0.15, -0.1) is 50.6 Å². The second-order valence-electron chi connectivity index (χ2n) is 18.9. The van der Waals surface area contributed by atoms with Gasteiger partial charge in [-0.25, -0.2) is 19.2 Å². The van der Waals surface area contributed by atoms with E-state index < -0.39 is 111 Å². The SMILES string of the molecule is NC(CCCCNC(=O)OCCCCC(CO[N+](=O)[O-])O[N+](=O)[O-])C(=O)O.NC(CCCCNC(=O)OCCCCCCO[N+](=O)[O-])C(=O)O.NC(CCCCNC(=O)OCCCCO[N+](=O)[O-])C(=O)O.NC(CCCCNC(=O)OCCOCCO[N+](=O)[O-])C(=O)O. The van der Waals surface area contributed by atoms with Gasteiger partial charge in [0.25, 0.3) is 25.4 Å². The van der Waals surface area contributed by atoms with Gasteiger partial charge in [-0.2, -0.15) is 0 Å². The zero-order valence-electron chi connectivity index (χ0n) is 51.4. The van der Waals surface area contributed by atoms with E-state index >= 15 is 0 Å². The van der Waals surface area contributed by atoms with E-state index in [4.69, 9.17) is 67.0 Å². The molecule has 93 heavy (non-hydrogen) atoms. The molecule has 0 radical (unpaired) electrons. The van der Waals surface area contributed by atoms with Crippen LogP contribution in [0.4, 0.5) is 19.2 Å². The number of nitrogens with zero attached hydrogens (tertiary/aromatic N) is 5. The maximum atomic E-state index is 11.4. The van der Waals surface area contributed by atoms with Gasteiger partial charge in [0.2, 0.25) is 0 Å². The lowest BCUT2D eigenvalue weighted by Gasteiger charge is -2.13. The molecule has 0 spiro atoms. The normalized spacial score (nSPS) is 11.8. The summed E-state index contributed by atoms with van der Waals surface area (Å²) in [5.74, 6) is -4.18. The fraction of sp³-hybridized carbons (Fsp3) is 0.833. The molecule has 0 aliphatic heterocycles. The summed E-state index contributed by atoms with van der Waals surface area (Å²) in [5, 5.41) is 89.5. The van der Waals surface area contributed by atoms with E-state index in [0.717, 1.165) is 12.8 Å². The first kappa shape index (κ1) is 90.2. The summed E-state index contributed by atoms with van der Waals surface area (Å²) < 4.78 is 24.3. The maximum Gasteiger partial charge on any atom is 0.407 e. The van der Waals surface area contributed by atoms with E-state index in [1.54, 1.807) is 0 Å². The molecule has 0 aromatic heterocycles. The number of carboxylic acids is 4. The van der Waals surface area contributed by atoms with Crippen LogP contribution in [0.3, 0.4) is 0 Å². The lowest BCUT2D eigenvalue weighted by atomic mass is 10.1. The quantitative estimate of drug-likeness (QED) is 0.0176. The Morgan fingerprint density at radius 3 is 0.914 bits per heavy atom. The predicted octanol–water partition coefficient (Wildman–Crippen LogP) is 1.12. The molecule has 5 unspecified atom stereocenters. The van der Waals surface area contributed by atoms with Gasteiger partial charge in [0, 0.05) is 26.2 Å². The average molecular weight is 1360 g/mol. The van der Waals surface area contributed by atoms with Crippen molar-refractivity contribution in [2.75, 3.05) is 92.2 Å². The smallest absolute Gasteiger partial charge is 0.407 e. The Labute approximate surface area is 531 Å². The van der Waals surface area contributed by atoms with Gasteiger partial charge < -0.3 is 113 Å². The van der Waals surface area contributed by atoms with Crippen LogP contribution in [0, 0.1) is 50.6 Å². The molecule has 0 rings (SSSR count). The highest BCUT2D eigenvalue weighted by molar-refractivity contribution is 5.74. The number of carboxylic acid groups (broad SMARTS) is 4. The molecule has 16 N–H and O–H groups in total. The summed E-state index contributed by atoms with van der Waals surface area (Å²) in [4.78, 5) is 157. The number of alkyl carbamates (subject to hydrolysis) is 4. The van der Waals surface area contributed by atoms with Gasteiger partial charge in [-0.1, -0.05) is 6.42 Å². The lowest BCUT2D eigenvalue weighted by Crippen LogP contribution is -2.30. The van der Waals surface area contributed by atoms with Crippen LogP contribution < -0.4 is 44.2 Å². The van der Waals surface area contributed by atoms with Crippen molar-refractivity contribution in [1.29, 1.82) is 0 Å². The Morgan fingerprint density at radius 1 is 0.323 bits per heavy atom. The lowest BCUT2D eigenvalue weighted by molar-refractivity contribution is -0.790. The largest absolute Gasteiger partial charge is 0.480 e. The first-order valence-corrected chi connectivity index (χ1v) is 29.1. The van der Waals surface area contributed by atoms with E-state index in [1.807, 2.05) is 0 Å². The number of rotatable bonds is 55. The summed E-state index contributed by atoms with van der Waals surface area (Å²) in [6.07, 6.45) is 7.17. The maximum absolute atomic E-state index is 11.4. The van der Waals surface area contributed by atoms with E-state index in [9.17, 15) is 88.9 Å². The molecular weight excluding hydrogens is 1270 g/mol. The molecule has 0 fully saturated rings. The van der Waals surface area contributed by atoms with Gasteiger partial charge in [-0.3, -0.25) is 19.2 Å². The first-order valence-electron chi connectivity index (χ1n) is 29.1. The van der Waals surface area contributed by atoms with Crippen LogP contribution in [-0.4, -0.2) is 217 Å². The van der Waals surface area contributed by atoms with Crippen LogP contribution in [0.1, 0.15) is 135 Å². The molecule has 5 atom stereocenters. The zero-order valence-corrected chi connectivity index (χ0v) is 51.4. The van der Waals surface area contributed by atoms with Crippen molar-refractivity contribution in [3.8, 4) is 0 Å². The van der Waals surface area contributed by atoms with Crippen LogP contribution in [0.5, 0.6) is 0 Å². The van der Waals surface area contributed by atoms with Gasteiger partial charge in [0.1, 0.15) is 50.1 Å². The second-order valence-corrected chi connectivity index (χ2v) is 18.9. The highest BCUT2D eigenvalue weighted by Gasteiger charge is 2.17. The average Bonchev–Trinajstić information content (AvgIpc) is 3.68. The number of hydrogen-bond donors (Lipinski definition) is 12.